The first-order chi connectivity index (χ1) is 6.86. The topological polar surface area (TPSA) is 0 Å². The zero-order chi connectivity index (χ0) is 10.2. The molecule has 0 bridgehead atoms. The van der Waals surface area contributed by atoms with Crippen LogP contribution in [0.2, 0.25) is 0 Å². The second kappa shape index (κ2) is 7.92. The summed E-state index contributed by atoms with van der Waals surface area (Å²) in [7, 11) is 0. The molecule has 0 amide bonds. The van der Waals surface area contributed by atoms with E-state index in [0.29, 0.717) is 0 Å². The third-order valence-electron chi connectivity index (χ3n) is 2.74. The fraction of sp³-hybridized carbons (Fsp3) is 1.00. The van der Waals surface area contributed by atoms with E-state index in [0.717, 1.165) is 10.5 Å². The Morgan fingerprint density at radius 2 is 1.14 bits per heavy atom. The molecule has 0 heterocycles. The normalized spacial score (nSPS) is 27.9. The van der Waals surface area contributed by atoms with Gasteiger partial charge in [0.1, 0.15) is 0 Å². The van der Waals surface area contributed by atoms with Crippen LogP contribution in [0, 0.1) is 0 Å². The van der Waals surface area contributed by atoms with Crippen molar-refractivity contribution in [2.24, 2.45) is 0 Å². The first kappa shape index (κ1) is 12.8. The first-order valence-corrected chi connectivity index (χ1v) is 8.19. The summed E-state index contributed by atoms with van der Waals surface area (Å²) in [5.41, 5.74) is 0. The van der Waals surface area contributed by atoms with Crippen LogP contribution in [0.5, 0.6) is 0 Å². The monoisotopic (exact) mass is 232 g/mol. The molecule has 0 unspecified atom stereocenters. The summed E-state index contributed by atoms with van der Waals surface area (Å²) < 4.78 is 0. The van der Waals surface area contributed by atoms with Crippen molar-refractivity contribution >= 4 is 23.5 Å². The highest BCUT2D eigenvalue weighted by Crippen LogP contribution is 2.34. The summed E-state index contributed by atoms with van der Waals surface area (Å²) in [5.74, 6) is 2.74. The Balaban J connectivity index is 2.05. The van der Waals surface area contributed by atoms with Gasteiger partial charge in [-0.25, -0.2) is 0 Å². The standard InChI is InChI=1S/C12H24S2/c1-3-9-13-11-5-7-12(8-6-11)14-10-4-2/h11-12H,3-10H2,1-2H3. The molecule has 1 saturated carbocycles. The Bertz CT molecular complexity index is 112. The molecule has 1 aliphatic carbocycles. The highest BCUT2D eigenvalue weighted by molar-refractivity contribution is 8.00. The quantitative estimate of drug-likeness (QED) is 0.657. The summed E-state index contributed by atoms with van der Waals surface area (Å²) in [6.07, 6.45) is 8.60. The maximum Gasteiger partial charge on any atom is 0.00478 e. The molecule has 0 aromatic carbocycles. The fourth-order valence-electron chi connectivity index (χ4n) is 1.93. The lowest BCUT2D eigenvalue weighted by atomic mass is 10.00. The predicted octanol–water partition coefficient (Wildman–Crippen LogP) is 4.58. The third kappa shape index (κ3) is 4.97. The second-order valence-electron chi connectivity index (χ2n) is 4.14. The van der Waals surface area contributed by atoms with E-state index in [1.54, 1.807) is 0 Å². The van der Waals surface area contributed by atoms with Gasteiger partial charge in [-0.15, -0.1) is 0 Å². The van der Waals surface area contributed by atoms with Crippen molar-refractivity contribution in [3.8, 4) is 0 Å². The van der Waals surface area contributed by atoms with E-state index in [9.17, 15) is 0 Å². The van der Waals surface area contributed by atoms with Crippen molar-refractivity contribution in [2.75, 3.05) is 11.5 Å². The van der Waals surface area contributed by atoms with Gasteiger partial charge in [-0.3, -0.25) is 0 Å². The number of thioether (sulfide) groups is 2. The van der Waals surface area contributed by atoms with E-state index in [-0.39, 0.29) is 0 Å². The molecule has 0 saturated heterocycles. The predicted molar refractivity (Wildman–Crippen MR) is 71.5 cm³/mol. The van der Waals surface area contributed by atoms with Gasteiger partial charge in [-0.05, 0) is 50.0 Å². The molecule has 0 radical (unpaired) electrons. The molecule has 0 atom stereocenters. The van der Waals surface area contributed by atoms with Gasteiger partial charge >= 0.3 is 0 Å². The Morgan fingerprint density at radius 3 is 1.43 bits per heavy atom. The zero-order valence-corrected chi connectivity index (χ0v) is 11.3. The lowest BCUT2D eigenvalue weighted by molar-refractivity contribution is 0.528. The second-order valence-corrected chi connectivity index (χ2v) is 6.96. The van der Waals surface area contributed by atoms with Crippen molar-refractivity contribution < 1.29 is 0 Å². The molecule has 0 aromatic rings. The van der Waals surface area contributed by atoms with Crippen molar-refractivity contribution in [1.29, 1.82) is 0 Å². The van der Waals surface area contributed by atoms with Crippen LogP contribution in [0.3, 0.4) is 0 Å². The van der Waals surface area contributed by atoms with E-state index in [1.165, 1.54) is 50.0 Å². The molecule has 1 fully saturated rings. The van der Waals surface area contributed by atoms with Crippen molar-refractivity contribution in [1.82, 2.24) is 0 Å². The molecular formula is C12H24S2. The Labute approximate surface area is 98.0 Å². The largest absolute Gasteiger partial charge is 0.159 e. The summed E-state index contributed by atoms with van der Waals surface area (Å²) in [5, 5.41) is 1.99. The van der Waals surface area contributed by atoms with E-state index in [4.69, 9.17) is 0 Å². The van der Waals surface area contributed by atoms with Crippen LogP contribution in [-0.4, -0.2) is 22.0 Å². The summed E-state index contributed by atoms with van der Waals surface area (Å²) in [6.45, 7) is 4.57. The molecule has 2 heteroatoms. The van der Waals surface area contributed by atoms with Crippen LogP contribution >= 0.6 is 23.5 Å². The molecular weight excluding hydrogens is 208 g/mol. The minimum atomic E-state index is 0.994. The molecule has 1 rings (SSSR count). The van der Waals surface area contributed by atoms with Gasteiger partial charge in [0.15, 0.2) is 0 Å². The molecule has 0 spiro atoms. The number of hydrogen-bond donors (Lipinski definition) is 0. The molecule has 14 heavy (non-hydrogen) atoms. The Morgan fingerprint density at radius 1 is 0.786 bits per heavy atom. The summed E-state index contributed by atoms with van der Waals surface area (Å²) in [6, 6.07) is 0. The lowest BCUT2D eigenvalue weighted by Crippen LogP contribution is -2.18. The average molecular weight is 232 g/mol. The molecule has 84 valence electrons. The van der Waals surface area contributed by atoms with Gasteiger partial charge in [0.05, 0.1) is 0 Å². The van der Waals surface area contributed by atoms with Crippen LogP contribution < -0.4 is 0 Å². The summed E-state index contributed by atoms with van der Waals surface area (Å²) >= 11 is 4.43. The van der Waals surface area contributed by atoms with Gasteiger partial charge < -0.3 is 0 Å². The molecule has 0 N–H and O–H groups in total. The maximum atomic E-state index is 2.29. The van der Waals surface area contributed by atoms with E-state index in [1.807, 2.05) is 0 Å². The van der Waals surface area contributed by atoms with Crippen LogP contribution in [0.15, 0.2) is 0 Å². The van der Waals surface area contributed by atoms with Crippen molar-refractivity contribution in [2.45, 2.75) is 62.9 Å². The summed E-state index contributed by atoms with van der Waals surface area (Å²) in [4.78, 5) is 0. The van der Waals surface area contributed by atoms with E-state index < -0.39 is 0 Å². The van der Waals surface area contributed by atoms with Gasteiger partial charge in [0.25, 0.3) is 0 Å². The molecule has 1 aliphatic rings. The van der Waals surface area contributed by atoms with Gasteiger partial charge in [-0.1, -0.05) is 13.8 Å². The van der Waals surface area contributed by atoms with Crippen LogP contribution in [-0.2, 0) is 0 Å². The van der Waals surface area contributed by atoms with Crippen molar-refractivity contribution in [3.05, 3.63) is 0 Å². The molecule has 0 nitrogen and oxygen atoms in total. The Hall–Kier alpha value is 0.700. The van der Waals surface area contributed by atoms with Crippen LogP contribution in [0.4, 0.5) is 0 Å². The number of rotatable bonds is 6. The highest BCUT2D eigenvalue weighted by Gasteiger charge is 2.20. The van der Waals surface area contributed by atoms with Crippen LogP contribution in [0.1, 0.15) is 52.4 Å². The molecule has 0 aromatic heterocycles. The van der Waals surface area contributed by atoms with Gasteiger partial charge in [0.2, 0.25) is 0 Å². The van der Waals surface area contributed by atoms with Gasteiger partial charge in [0, 0.05) is 10.5 Å². The number of hydrogen-bond acceptors (Lipinski definition) is 2. The minimum absolute atomic E-state index is 0.994. The molecule has 0 aliphatic heterocycles. The SMILES string of the molecule is CCCSC1CCC(SCCC)CC1. The van der Waals surface area contributed by atoms with Crippen molar-refractivity contribution in [3.63, 3.8) is 0 Å². The minimum Gasteiger partial charge on any atom is -0.159 e. The highest BCUT2D eigenvalue weighted by atomic mass is 32.2. The average Bonchev–Trinajstić information content (AvgIpc) is 2.25. The Kier molecular flexibility index (Phi) is 7.23. The van der Waals surface area contributed by atoms with E-state index in [2.05, 4.69) is 37.4 Å². The fourth-order valence-corrected chi connectivity index (χ4v) is 4.28. The smallest absolute Gasteiger partial charge is 0.00478 e. The van der Waals surface area contributed by atoms with Crippen LogP contribution in [0.25, 0.3) is 0 Å². The lowest BCUT2D eigenvalue weighted by Gasteiger charge is -2.27. The van der Waals surface area contributed by atoms with E-state index >= 15 is 0 Å². The maximum absolute atomic E-state index is 2.29. The first-order valence-electron chi connectivity index (χ1n) is 6.10. The third-order valence-corrected chi connectivity index (χ3v) is 5.91. The van der Waals surface area contributed by atoms with Gasteiger partial charge in [-0.2, -0.15) is 23.5 Å². The zero-order valence-electron chi connectivity index (χ0n) is 9.63.